The van der Waals surface area contributed by atoms with Gasteiger partial charge in [-0.3, -0.25) is 4.72 Å². The highest BCUT2D eigenvalue weighted by Crippen LogP contribution is 2.34. The molecule has 1 aliphatic heterocycles. The topological polar surface area (TPSA) is 73.2 Å². The lowest BCUT2D eigenvalue weighted by atomic mass is 9.87. The van der Waals surface area contributed by atoms with Crippen molar-refractivity contribution < 1.29 is 13.2 Å². The first-order valence-corrected chi connectivity index (χ1v) is 12.0. The normalized spacial score (nSPS) is 14.2. The van der Waals surface area contributed by atoms with E-state index >= 15 is 0 Å². The number of hydrogen-bond acceptors (Lipinski definition) is 4. The molecular weight excluding hydrogens is 410 g/mol. The smallest absolute Gasteiger partial charge is 0.265 e. The molecule has 1 N–H and O–H groups in total. The summed E-state index contributed by atoms with van der Waals surface area (Å²) in [5.41, 5.74) is 2.78. The zero-order chi connectivity index (χ0) is 22.2. The Kier molecular flexibility index (Phi) is 5.56. The lowest BCUT2D eigenvalue weighted by molar-refractivity contribution is 0.402. The molecule has 0 unspecified atom stereocenters. The van der Waals surface area contributed by atoms with Crippen molar-refractivity contribution in [2.75, 3.05) is 11.8 Å². The standard InChI is InChI=1S/C24H29N3O3S/c1-24(2,3)17-12-13-21(30-4)22(15-17)31(28,29)26-19-10-6-5-9-18(19)20-16-27-14-8-7-11-23(27)25-20/h5-6,9-10,12-13,15-16,26H,7-8,11,14H2,1-4H3. The SMILES string of the molecule is COc1ccc(C(C)(C)C)cc1S(=O)(=O)Nc1ccccc1-c1cn2c(n1)CCCC2. The molecule has 0 amide bonds. The molecule has 4 rings (SSSR count). The summed E-state index contributed by atoms with van der Waals surface area (Å²) in [5.74, 6) is 1.37. The van der Waals surface area contributed by atoms with Crippen LogP contribution < -0.4 is 9.46 Å². The highest BCUT2D eigenvalue weighted by molar-refractivity contribution is 7.92. The highest BCUT2D eigenvalue weighted by atomic mass is 32.2. The average molecular weight is 440 g/mol. The van der Waals surface area contributed by atoms with Gasteiger partial charge in [0.1, 0.15) is 16.5 Å². The Bertz CT molecular complexity index is 1180. The van der Waals surface area contributed by atoms with E-state index in [4.69, 9.17) is 9.72 Å². The Labute approximate surface area is 184 Å². The number of benzene rings is 2. The number of anilines is 1. The quantitative estimate of drug-likeness (QED) is 0.608. The highest BCUT2D eigenvalue weighted by Gasteiger charge is 2.25. The van der Waals surface area contributed by atoms with E-state index in [0.29, 0.717) is 11.4 Å². The third-order valence-corrected chi connectivity index (χ3v) is 7.06. The van der Waals surface area contributed by atoms with E-state index in [1.54, 1.807) is 18.2 Å². The lowest BCUT2D eigenvalue weighted by Gasteiger charge is -2.21. The lowest BCUT2D eigenvalue weighted by Crippen LogP contribution is -2.17. The van der Waals surface area contributed by atoms with E-state index < -0.39 is 10.0 Å². The minimum atomic E-state index is -3.88. The van der Waals surface area contributed by atoms with E-state index in [1.165, 1.54) is 7.11 Å². The van der Waals surface area contributed by atoms with Crippen LogP contribution in [0.5, 0.6) is 5.75 Å². The Hall–Kier alpha value is -2.80. The molecule has 1 aliphatic rings. The molecular formula is C24H29N3O3S. The third kappa shape index (κ3) is 4.32. The zero-order valence-electron chi connectivity index (χ0n) is 18.5. The summed E-state index contributed by atoms with van der Waals surface area (Å²) in [4.78, 5) is 4.89. The molecule has 2 aromatic carbocycles. The Morgan fingerprint density at radius 2 is 1.87 bits per heavy atom. The minimum Gasteiger partial charge on any atom is -0.495 e. The van der Waals surface area contributed by atoms with Gasteiger partial charge in [0.25, 0.3) is 10.0 Å². The van der Waals surface area contributed by atoms with Crippen LogP contribution in [0.15, 0.2) is 53.6 Å². The van der Waals surface area contributed by atoms with E-state index in [0.717, 1.165) is 48.5 Å². The van der Waals surface area contributed by atoms with Gasteiger partial charge in [-0.05, 0) is 42.0 Å². The summed E-state index contributed by atoms with van der Waals surface area (Å²) in [6.45, 7) is 7.10. The number of nitrogens with one attached hydrogen (secondary N) is 1. The van der Waals surface area contributed by atoms with Crippen molar-refractivity contribution in [3.63, 3.8) is 0 Å². The van der Waals surface area contributed by atoms with E-state index in [1.807, 2.05) is 30.5 Å². The molecule has 164 valence electrons. The molecule has 0 aliphatic carbocycles. The van der Waals surface area contributed by atoms with Gasteiger partial charge in [0.15, 0.2) is 0 Å². The van der Waals surface area contributed by atoms with Crippen molar-refractivity contribution in [3.05, 3.63) is 60.0 Å². The summed E-state index contributed by atoms with van der Waals surface area (Å²) in [7, 11) is -2.40. The molecule has 2 heterocycles. The van der Waals surface area contributed by atoms with Crippen LogP contribution in [0.2, 0.25) is 0 Å². The number of imidazole rings is 1. The van der Waals surface area contributed by atoms with Crippen LogP contribution in [-0.2, 0) is 28.4 Å². The number of aromatic nitrogens is 2. The van der Waals surface area contributed by atoms with Gasteiger partial charge in [-0.15, -0.1) is 0 Å². The van der Waals surface area contributed by atoms with Gasteiger partial charge in [-0.1, -0.05) is 45.0 Å². The van der Waals surface area contributed by atoms with Crippen LogP contribution in [0.4, 0.5) is 5.69 Å². The van der Waals surface area contributed by atoms with Gasteiger partial charge in [0, 0.05) is 24.7 Å². The molecule has 0 fully saturated rings. The molecule has 3 aromatic rings. The van der Waals surface area contributed by atoms with Gasteiger partial charge in [-0.25, -0.2) is 13.4 Å². The molecule has 0 bridgehead atoms. The summed E-state index contributed by atoms with van der Waals surface area (Å²) in [6, 6.07) is 12.7. The van der Waals surface area contributed by atoms with Gasteiger partial charge < -0.3 is 9.30 Å². The molecule has 0 radical (unpaired) electrons. The Morgan fingerprint density at radius 1 is 1.10 bits per heavy atom. The van der Waals surface area contributed by atoms with Crippen molar-refractivity contribution >= 4 is 15.7 Å². The monoisotopic (exact) mass is 439 g/mol. The van der Waals surface area contributed by atoms with Crippen molar-refractivity contribution in [2.24, 2.45) is 0 Å². The van der Waals surface area contributed by atoms with E-state index in [-0.39, 0.29) is 10.3 Å². The van der Waals surface area contributed by atoms with Gasteiger partial charge in [-0.2, -0.15) is 0 Å². The number of aryl methyl sites for hydroxylation is 2. The largest absolute Gasteiger partial charge is 0.495 e. The number of rotatable bonds is 5. The fraction of sp³-hybridized carbons (Fsp3) is 0.375. The maximum absolute atomic E-state index is 13.4. The van der Waals surface area contributed by atoms with E-state index in [2.05, 4.69) is 30.1 Å². The molecule has 0 saturated carbocycles. The fourth-order valence-corrected chi connectivity index (χ4v) is 5.17. The predicted octanol–water partition coefficient (Wildman–Crippen LogP) is 4.99. The Morgan fingerprint density at radius 3 is 2.58 bits per heavy atom. The van der Waals surface area contributed by atoms with E-state index in [9.17, 15) is 8.42 Å². The summed E-state index contributed by atoms with van der Waals surface area (Å²) < 4.78 is 37.2. The van der Waals surface area contributed by atoms with Crippen molar-refractivity contribution in [1.29, 1.82) is 0 Å². The molecule has 7 heteroatoms. The summed E-state index contributed by atoms with van der Waals surface area (Å²) in [5, 5.41) is 0. The maximum Gasteiger partial charge on any atom is 0.265 e. The summed E-state index contributed by atoms with van der Waals surface area (Å²) in [6.07, 6.45) is 5.24. The van der Waals surface area contributed by atoms with Crippen LogP contribution in [0.1, 0.15) is 45.0 Å². The predicted molar refractivity (Wildman–Crippen MR) is 123 cm³/mol. The van der Waals surface area contributed by atoms with Crippen molar-refractivity contribution in [1.82, 2.24) is 9.55 Å². The second-order valence-electron chi connectivity index (χ2n) is 8.96. The first-order valence-electron chi connectivity index (χ1n) is 10.6. The average Bonchev–Trinajstić information content (AvgIpc) is 3.16. The first kappa shape index (κ1) is 21.4. The number of para-hydroxylation sites is 1. The van der Waals surface area contributed by atoms with Crippen molar-refractivity contribution in [3.8, 4) is 17.0 Å². The minimum absolute atomic E-state index is 0.126. The van der Waals surface area contributed by atoms with Crippen molar-refractivity contribution in [2.45, 2.75) is 56.9 Å². The summed E-state index contributed by atoms with van der Waals surface area (Å²) >= 11 is 0. The Balaban J connectivity index is 1.74. The molecule has 0 atom stereocenters. The van der Waals surface area contributed by atoms with Crippen LogP contribution in [0.25, 0.3) is 11.3 Å². The van der Waals surface area contributed by atoms with Gasteiger partial charge in [0.2, 0.25) is 0 Å². The molecule has 6 nitrogen and oxygen atoms in total. The molecule has 31 heavy (non-hydrogen) atoms. The number of hydrogen-bond donors (Lipinski definition) is 1. The number of methoxy groups -OCH3 is 1. The number of fused-ring (bicyclic) bond motifs is 1. The molecule has 1 aromatic heterocycles. The van der Waals surface area contributed by atoms with Crippen LogP contribution in [0, 0.1) is 0 Å². The molecule has 0 saturated heterocycles. The first-order chi connectivity index (χ1) is 14.7. The van der Waals surface area contributed by atoms with Crippen LogP contribution in [0.3, 0.4) is 0 Å². The second kappa shape index (κ2) is 8.04. The van der Waals surface area contributed by atoms with Gasteiger partial charge in [0.05, 0.1) is 18.5 Å². The van der Waals surface area contributed by atoms with Crippen LogP contribution >= 0.6 is 0 Å². The maximum atomic E-state index is 13.4. The molecule has 0 spiro atoms. The number of nitrogens with zero attached hydrogens (tertiary/aromatic N) is 2. The second-order valence-corrected chi connectivity index (χ2v) is 10.6. The fourth-order valence-electron chi connectivity index (χ4n) is 3.89. The third-order valence-electron chi connectivity index (χ3n) is 5.68. The zero-order valence-corrected chi connectivity index (χ0v) is 19.3. The number of sulfonamides is 1. The number of ether oxygens (including phenoxy) is 1. The van der Waals surface area contributed by atoms with Gasteiger partial charge >= 0.3 is 0 Å². The van der Waals surface area contributed by atoms with Crippen LogP contribution in [-0.4, -0.2) is 25.1 Å².